The lowest BCUT2D eigenvalue weighted by atomic mass is 9.99. The third-order valence-electron chi connectivity index (χ3n) is 3.17. The van der Waals surface area contributed by atoms with Crippen LogP contribution in [0.2, 0.25) is 0 Å². The molecule has 0 aromatic heterocycles. The van der Waals surface area contributed by atoms with Gasteiger partial charge in [-0.3, -0.25) is 9.59 Å². The van der Waals surface area contributed by atoms with E-state index in [-0.39, 0.29) is 6.61 Å². The van der Waals surface area contributed by atoms with Crippen LogP contribution < -0.4 is 0 Å². The lowest BCUT2D eigenvalue weighted by Crippen LogP contribution is -2.28. The monoisotopic (exact) mass is 360 g/mol. The maximum absolute atomic E-state index is 12.5. The minimum Gasteiger partial charge on any atom is -0.461 e. The highest BCUT2D eigenvalue weighted by Gasteiger charge is 2.33. The van der Waals surface area contributed by atoms with Crippen LogP contribution in [-0.2, 0) is 25.7 Å². The van der Waals surface area contributed by atoms with Gasteiger partial charge >= 0.3 is 18.1 Å². The van der Waals surface area contributed by atoms with Crippen molar-refractivity contribution in [2.75, 3.05) is 0 Å². The van der Waals surface area contributed by atoms with E-state index >= 15 is 0 Å². The van der Waals surface area contributed by atoms with Gasteiger partial charge in [0.05, 0.1) is 12.3 Å². The van der Waals surface area contributed by atoms with E-state index < -0.39 is 48.9 Å². The average Bonchev–Trinajstić information content (AvgIpc) is 2.47. The van der Waals surface area contributed by atoms with Gasteiger partial charge in [0.1, 0.15) is 12.2 Å². The van der Waals surface area contributed by atoms with Crippen LogP contribution in [0.25, 0.3) is 0 Å². The van der Waals surface area contributed by atoms with Gasteiger partial charge < -0.3 is 9.47 Å². The highest BCUT2D eigenvalue weighted by molar-refractivity contribution is 5.80. The third kappa shape index (κ3) is 9.74. The second kappa shape index (κ2) is 8.87. The minimum atomic E-state index is -4.41. The molecule has 0 fully saturated rings. The van der Waals surface area contributed by atoms with Gasteiger partial charge in [0.2, 0.25) is 0 Å². The lowest BCUT2D eigenvalue weighted by molar-refractivity contribution is -0.165. The molecule has 1 rings (SSSR count). The lowest BCUT2D eigenvalue weighted by Gasteiger charge is -2.22. The topological polar surface area (TPSA) is 52.6 Å². The summed E-state index contributed by atoms with van der Waals surface area (Å²) in [7, 11) is 0. The van der Waals surface area contributed by atoms with Crippen LogP contribution in [0, 0.1) is 5.92 Å². The number of esters is 2. The molecule has 0 aliphatic rings. The van der Waals surface area contributed by atoms with E-state index in [0.29, 0.717) is 5.56 Å². The first-order valence-corrected chi connectivity index (χ1v) is 7.95. The summed E-state index contributed by atoms with van der Waals surface area (Å²) in [6.45, 7) is 4.87. The van der Waals surface area contributed by atoms with Crippen molar-refractivity contribution in [1.29, 1.82) is 0 Å². The molecule has 1 unspecified atom stereocenters. The van der Waals surface area contributed by atoms with Crippen LogP contribution in [-0.4, -0.2) is 23.7 Å². The molecule has 1 aromatic rings. The highest BCUT2D eigenvalue weighted by atomic mass is 19.4. The molecule has 0 aliphatic carbocycles. The predicted molar refractivity (Wildman–Crippen MR) is 85.5 cm³/mol. The predicted octanol–water partition coefficient (Wildman–Crippen LogP) is 4.42. The van der Waals surface area contributed by atoms with Crippen LogP contribution in [0.3, 0.4) is 0 Å². The highest BCUT2D eigenvalue weighted by Crippen LogP contribution is 2.27. The summed E-state index contributed by atoms with van der Waals surface area (Å²) in [5.41, 5.74) is -0.0673. The van der Waals surface area contributed by atoms with Crippen molar-refractivity contribution >= 4 is 11.9 Å². The first kappa shape index (κ1) is 21.0. The molecule has 25 heavy (non-hydrogen) atoms. The number of hydrogen-bond acceptors (Lipinski definition) is 4. The summed E-state index contributed by atoms with van der Waals surface area (Å²) >= 11 is 0. The maximum atomic E-state index is 12.5. The SMILES string of the molecule is CC(C)(C)OC(=O)CC(CCC(F)(F)F)C(=O)OCc1ccccc1. The number of alkyl halides is 3. The van der Waals surface area contributed by atoms with Gasteiger partial charge in [-0.1, -0.05) is 30.3 Å². The van der Waals surface area contributed by atoms with E-state index in [2.05, 4.69) is 0 Å². The van der Waals surface area contributed by atoms with Gasteiger partial charge in [-0.2, -0.15) is 13.2 Å². The van der Waals surface area contributed by atoms with E-state index in [1.165, 1.54) is 0 Å². The van der Waals surface area contributed by atoms with E-state index in [4.69, 9.17) is 9.47 Å². The van der Waals surface area contributed by atoms with Gasteiger partial charge in [0, 0.05) is 6.42 Å². The average molecular weight is 360 g/mol. The number of rotatable bonds is 7. The molecule has 1 aromatic carbocycles. The third-order valence-corrected chi connectivity index (χ3v) is 3.17. The molecule has 0 amide bonds. The van der Waals surface area contributed by atoms with Crippen molar-refractivity contribution in [2.24, 2.45) is 5.92 Å². The van der Waals surface area contributed by atoms with Gasteiger partial charge in [-0.25, -0.2) is 0 Å². The Labute approximate surface area is 145 Å². The molecule has 0 N–H and O–H groups in total. The van der Waals surface area contributed by atoms with Crippen LogP contribution in [0.5, 0.6) is 0 Å². The fourth-order valence-electron chi connectivity index (χ4n) is 2.07. The zero-order valence-corrected chi connectivity index (χ0v) is 14.6. The summed E-state index contributed by atoms with van der Waals surface area (Å²) in [4.78, 5) is 24.0. The van der Waals surface area contributed by atoms with E-state index in [1.807, 2.05) is 0 Å². The van der Waals surface area contributed by atoms with Gasteiger partial charge in [-0.15, -0.1) is 0 Å². The van der Waals surface area contributed by atoms with E-state index in [9.17, 15) is 22.8 Å². The van der Waals surface area contributed by atoms with Crippen molar-refractivity contribution in [1.82, 2.24) is 0 Å². The Bertz CT molecular complexity index is 562. The standard InChI is InChI=1S/C18H23F3O4/c1-17(2,3)25-15(22)11-14(9-10-18(19,20)21)16(23)24-12-13-7-5-4-6-8-13/h4-8,14H,9-12H2,1-3H3. The number of carbonyl (C=O) groups excluding carboxylic acids is 2. The minimum absolute atomic E-state index is 0.0590. The van der Waals surface area contributed by atoms with E-state index in [1.54, 1.807) is 51.1 Å². The summed E-state index contributed by atoms with van der Waals surface area (Å²) in [6, 6.07) is 8.76. The Morgan fingerprint density at radius 3 is 2.20 bits per heavy atom. The molecule has 0 saturated carbocycles. The molecule has 0 radical (unpaired) electrons. The molecular formula is C18H23F3O4. The first-order chi connectivity index (χ1) is 11.5. The second-order valence-corrected chi connectivity index (χ2v) is 6.73. The fourth-order valence-corrected chi connectivity index (χ4v) is 2.07. The molecular weight excluding hydrogens is 337 g/mol. The zero-order valence-electron chi connectivity index (χ0n) is 14.6. The van der Waals surface area contributed by atoms with Gasteiger partial charge in [-0.05, 0) is 32.8 Å². The van der Waals surface area contributed by atoms with Crippen molar-refractivity contribution in [2.45, 2.75) is 58.4 Å². The Morgan fingerprint density at radius 2 is 1.68 bits per heavy atom. The largest absolute Gasteiger partial charge is 0.461 e. The van der Waals surface area contributed by atoms with Crippen LogP contribution in [0.1, 0.15) is 45.6 Å². The molecule has 4 nitrogen and oxygen atoms in total. The maximum Gasteiger partial charge on any atom is 0.389 e. The van der Waals surface area contributed by atoms with Crippen molar-refractivity contribution in [3.8, 4) is 0 Å². The fraction of sp³-hybridized carbons (Fsp3) is 0.556. The molecule has 0 saturated heterocycles. The molecule has 0 heterocycles. The molecule has 1 atom stereocenters. The first-order valence-electron chi connectivity index (χ1n) is 7.95. The number of hydrogen-bond donors (Lipinski definition) is 0. The second-order valence-electron chi connectivity index (χ2n) is 6.73. The molecule has 140 valence electrons. The Morgan fingerprint density at radius 1 is 1.08 bits per heavy atom. The molecule has 7 heteroatoms. The number of carbonyl (C=O) groups is 2. The summed E-state index contributed by atoms with van der Waals surface area (Å²) in [6.07, 6.45) is -6.54. The Hall–Kier alpha value is -2.05. The molecule has 0 bridgehead atoms. The molecule has 0 spiro atoms. The van der Waals surface area contributed by atoms with Crippen molar-refractivity contribution in [3.05, 3.63) is 35.9 Å². The van der Waals surface area contributed by atoms with Crippen molar-refractivity contribution < 1.29 is 32.2 Å². The van der Waals surface area contributed by atoms with Gasteiger partial charge in [0.25, 0.3) is 0 Å². The molecule has 0 aliphatic heterocycles. The summed E-state index contributed by atoms with van der Waals surface area (Å²) in [5, 5.41) is 0. The number of ether oxygens (including phenoxy) is 2. The van der Waals surface area contributed by atoms with Crippen LogP contribution >= 0.6 is 0 Å². The van der Waals surface area contributed by atoms with Gasteiger partial charge in [0.15, 0.2) is 0 Å². The summed E-state index contributed by atoms with van der Waals surface area (Å²) in [5.74, 6) is -2.75. The Balaban J connectivity index is 2.68. The van der Waals surface area contributed by atoms with Crippen LogP contribution in [0.15, 0.2) is 30.3 Å². The summed E-state index contributed by atoms with van der Waals surface area (Å²) < 4.78 is 47.6. The van der Waals surface area contributed by atoms with Crippen molar-refractivity contribution in [3.63, 3.8) is 0 Å². The number of halogens is 3. The smallest absolute Gasteiger partial charge is 0.389 e. The Kier molecular flexibility index (Phi) is 7.45. The quantitative estimate of drug-likeness (QED) is 0.676. The van der Waals surface area contributed by atoms with E-state index in [0.717, 1.165) is 0 Å². The normalized spacial score (nSPS) is 13.2. The van der Waals surface area contributed by atoms with Crippen LogP contribution in [0.4, 0.5) is 13.2 Å². The number of benzene rings is 1. The zero-order chi connectivity index (χ0) is 19.1.